The fourth-order valence-corrected chi connectivity index (χ4v) is 1.83. The van der Waals surface area contributed by atoms with Crippen LogP contribution >= 0.6 is 0 Å². The molecule has 0 bridgehead atoms. The van der Waals surface area contributed by atoms with E-state index in [0.29, 0.717) is 0 Å². The number of hydrogen-bond donors (Lipinski definition) is 0. The molecule has 0 aliphatic carbocycles. The molecule has 0 unspecified atom stereocenters. The van der Waals surface area contributed by atoms with Gasteiger partial charge < -0.3 is 4.90 Å². The van der Waals surface area contributed by atoms with Gasteiger partial charge in [0.1, 0.15) is 5.82 Å². The molecule has 1 aromatic rings. The van der Waals surface area contributed by atoms with Gasteiger partial charge in [-0.2, -0.15) is 0 Å². The van der Waals surface area contributed by atoms with E-state index < -0.39 is 5.82 Å². The Balaban J connectivity index is 2.90. The average molecular weight is 223 g/mol. The molecule has 0 radical (unpaired) electrons. The van der Waals surface area contributed by atoms with E-state index in [4.69, 9.17) is 0 Å². The highest BCUT2D eigenvalue weighted by Crippen LogP contribution is 2.13. The van der Waals surface area contributed by atoms with E-state index >= 15 is 0 Å². The summed E-state index contributed by atoms with van der Waals surface area (Å²) in [4.78, 5) is 13.6. The molecule has 3 heteroatoms. The maximum atomic E-state index is 13.4. The molecule has 1 rings (SSSR count). The fraction of sp³-hybridized carbons (Fsp3) is 0.462. The molecule has 0 heterocycles. The summed E-state index contributed by atoms with van der Waals surface area (Å²) in [6.07, 6.45) is 1.76. The van der Waals surface area contributed by atoms with Crippen molar-refractivity contribution in [3.05, 3.63) is 35.6 Å². The average Bonchev–Trinajstić information content (AvgIpc) is 2.30. The van der Waals surface area contributed by atoms with Gasteiger partial charge in [0, 0.05) is 13.1 Å². The Morgan fingerprint density at radius 3 is 2.38 bits per heavy atom. The Morgan fingerprint density at radius 1 is 1.31 bits per heavy atom. The quantitative estimate of drug-likeness (QED) is 0.768. The van der Waals surface area contributed by atoms with Gasteiger partial charge in [-0.05, 0) is 25.0 Å². The van der Waals surface area contributed by atoms with Crippen molar-refractivity contribution in [2.75, 3.05) is 7.05 Å². The Hall–Kier alpha value is -1.38. The van der Waals surface area contributed by atoms with Crippen LogP contribution in [0.25, 0.3) is 0 Å². The number of halogens is 1. The van der Waals surface area contributed by atoms with Gasteiger partial charge >= 0.3 is 0 Å². The topological polar surface area (TPSA) is 20.3 Å². The van der Waals surface area contributed by atoms with Crippen molar-refractivity contribution < 1.29 is 9.18 Å². The van der Waals surface area contributed by atoms with Crippen molar-refractivity contribution in [2.24, 2.45) is 0 Å². The lowest BCUT2D eigenvalue weighted by molar-refractivity contribution is 0.0719. The van der Waals surface area contributed by atoms with E-state index in [1.54, 1.807) is 24.1 Å². The summed E-state index contributed by atoms with van der Waals surface area (Å²) in [5.74, 6) is -0.697. The van der Waals surface area contributed by atoms with Gasteiger partial charge in [-0.3, -0.25) is 4.79 Å². The molecule has 1 aromatic carbocycles. The first-order chi connectivity index (χ1) is 7.61. The minimum Gasteiger partial charge on any atom is -0.339 e. The molecule has 16 heavy (non-hydrogen) atoms. The van der Waals surface area contributed by atoms with Crippen LogP contribution in [0.5, 0.6) is 0 Å². The molecular weight excluding hydrogens is 205 g/mol. The van der Waals surface area contributed by atoms with Crippen LogP contribution in [-0.4, -0.2) is 23.9 Å². The Morgan fingerprint density at radius 2 is 1.88 bits per heavy atom. The zero-order chi connectivity index (χ0) is 12.1. The molecule has 2 nitrogen and oxygen atoms in total. The Bertz CT molecular complexity index is 361. The van der Waals surface area contributed by atoms with Gasteiger partial charge in [-0.25, -0.2) is 4.39 Å². The van der Waals surface area contributed by atoms with Crippen LogP contribution in [-0.2, 0) is 0 Å². The highest BCUT2D eigenvalue weighted by atomic mass is 19.1. The first kappa shape index (κ1) is 12.7. The summed E-state index contributed by atoms with van der Waals surface area (Å²) >= 11 is 0. The number of carbonyl (C=O) groups excluding carboxylic acids is 1. The highest BCUT2D eigenvalue weighted by molar-refractivity contribution is 5.94. The standard InChI is InChI=1S/C13H18FNO/c1-4-10(5-2)15(3)13(16)11-8-6-7-9-12(11)14/h6-10H,4-5H2,1-3H3. The highest BCUT2D eigenvalue weighted by Gasteiger charge is 2.20. The predicted molar refractivity (Wildman–Crippen MR) is 62.9 cm³/mol. The van der Waals surface area contributed by atoms with Crippen molar-refractivity contribution in [3.63, 3.8) is 0 Å². The monoisotopic (exact) mass is 223 g/mol. The van der Waals surface area contributed by atoms with Crippen LogP contribution in [0.15, 0.2) is 24.3 Å². The third-order valence-corrected chi connectivity index (χ3v) is 2.91. The van der Waals surface area contributed by atoms with E-state index in [1.165, 1.54) is 12.1 Å². The molecule has 0 N–H and O–H groups in total. The third kappa shape index (κ3) is 2.60. The summed E-state index contributed by atoms with van der Waals surface area (Å²) in [7, 11) is 1.73. The number of hydrogen-bond acceptors (Lipinski definition) is 1. The number of benzene rings is 1. The molecule has 88 valence electrons. The molecule has 0 atom stereocenters. The number of amides is 1. The molecule has 0 aliphatic rings. The minimum absolute atomic E-state index is 0.150. The van der Waals surface area contributed by atoms with Crippen LogP contribution in [0, 0.1) is 5.82 Å². The molecule has 0 saturated carbocycles. The normalized spacial score (nSPS) is 10.6. The van der Waals surface area contributed by atoms with Gasteiger partial charge in [0.25, 0.3) is 5.91 Å². The van der Waals surface area contributed by atoms with Crippen molar-refractivity contribution in [2.45, 2.75) is 32.7 Å². The second-order valence-corrected chi connectivity index (χ2v) is 3.87. The summed E-state index contributed by atoms with van der Waals surface area (Å²) in [5.41, 5.74) is 0.150. The first-order valence-corrected chi connectivity index (χ1v) is 5.63. The lowest BCUT2D eigenvalue weighted by Crippen LogP contribution is -2.36. The third-order valence-electron chi connectivity index (χ3n) is 2.91. The number of nitrogens with zero attached hydrogens (tertiary/aromatic N) is 1. The van der Waals surface area contributed by atoms with Gasteiger partial charge in [0.15, 0.2) is 0 Å². The van der Waals surface area contributed by atoms with Crippen LogP contribution in [0.4, 0.5) is 4.39 Å². The molecule has 1 amide bonds. The summed E-state index contributed by atoms with van der Waals surface area (Å²) in [6, 6.07) is 6.28. The van der Waals surface area contributed by atoms with Crippen molar-refractivity contribution in [3.8, 4) is 0 Å². The smallest absolute Gasteiger partial charge is 0.256 e. The molecule has 0 aliphatic heterocycles. The molecule has 0 aromatic heterocycles. The molecule has 0 spiro atoms. The van der Waals surface area contributed by atoms with Crippen molar-refractivity contribution in [1.82, 2.24) is 4.90 Å². The minimum atomic E-state index is -0.453. The maximum Gasteiger partial charge on any atom is 0.256 e. The lowest BCUT2D eigenvalue weighted by atomic mass is 10.1. The van der Waals surface area contributed by atoms with Crippen LogP contribution in [0.1, 0.15) is 37.0 Å². The number of rotatable bonds is 4. The summed E-state index contributed by atoms with van der Waals surface area (Å²) in [6.45, 7) is 4.05. The van der Waals surface area contributed by atoms with Crippen LogP contribution < -0.4 is 0 Å². The lowest BCUT2D eigenvalue weighted by Gasteiger charge is -2.26. The second kappa shape index (κ2) is 5.64. The molecular formula is C13H18FNO. The van der Waals surface area contributed by atoms with Crippen LogP contribution in [0.3, 0.4) is 0 Å². The van der Waals surface area contributed by atoms with Gasteiger partial charge in [-0.15, -0.1) is 0 Å². The largest absolute Gasteiger partial charge is 0.339 e. The van der Waals surface area contributed by atoms with Gasteiger partial charge in [0.05, 0.1) is 5.56 Å². The van der Waals surface area contributed by atoms with Crippen molar-refractivity contribution >= 4 is 5.91 Å². The van der Waals surface area contributed by atoms with E-state index in [-0.39, 0.29) is 17.5 Å². The molecule has 0 fully saturated rings. The number of carbonyl (C=O) groups is 1. The fourth-order valence-electron chi connectivity index (χ4n) is 1.83. The Kier molecular flexibility index (Phi) is 4.47. The zero-order valence-corrected chi connectivity index (χ0v) is 10.0. The van der Waals surface area contributed by atoms with Gasteiger partial charge in [-0.1, -0.05) is 26.0 Å². The summed E-state index contributed by atoms with van der Waals surface area (Å²) < 4.78 is 13.4. The van der Waals surface area contributed by atoms with Crippen LogP contribution in [0.2, 0.25) is 0 Å². The van der Waals surface area contributed by atoms with Crippen molar-refractivity contribution in [1.29, 1.82) is 0 Å². The SMILES string of the molecule is CCC(CC)N(C)C(=O)c1ccccc1F. The zero-order valence-electron chi connectivity index (χ0n) is 10.0. The predicted octanol–water partition coefficient (Wildman–Crippen LogP) is 3.09. The second-order valence-electron chi connectivity index (χ2n) is 3.87. The van der Waals surface area contributed by atoms with Gasteiger partial charge in [0.2, 0.25) is 0 Å². The maximum absolute atomic E-state index is 13.4. The Labute approximate surface area is 96.1 Å². The van der Waals surface area contributed by atoms with E-state index in [0.717, 1.165) is 12.8 Å². The molecule has 0 saturated heterocycles. The van der Waals surface area contributed by atoms with E-state index in [2.05, 4.69) is 0 Å². The van der Waals surface area contributed by atoms with E-state index in [1.807, 2.05) is 13.8 Å². The summed E-state index contributed by atoms with van der Waals surface area (Å²) in [5, 5.41) is 0. The first-order valence-electron chi connectivity index (χ1n) is 5.63. The van der Waals surface area contributed by atoms with E-state index in [9.17, 15) is 9.18 Å².